The number of hydrogen-bond donors (Lipinski definition) is 1. The highest BCUT2D eigenvalue weighted by molar-refractivity contribution is 7.11. The number of aromatic carboxylic acids is 1. The van der Waals surface area contributed by atoms with E-state index in [1.807, 2.05) is 0 Å². The predicted octanol–water partition coefficient (Wildman–Crippen LogP) is 2.42. The zero-order valence-electron chi connectivity index (χ0n) is 10.6. The smallest absolute Gasteiger partial charge is 0.365 e. The number of aromatic nitrogens is 1. The lowest BCUT2D eigenvalue weighted by Gasteiger charge is -2.28. The van der Waals surface area contributed by atoms with Crippen LogP contribution < -0.4 is 9.64 Å². The summed E-state index contributed by atoms with van der Waals surface area (Å²) in [6, 6.07) is 5.01. The molecule has 0 aliphatic carbocycles. The Morgan fingerprint density at radius 1 is 1.52 bits per heavy atom. The fourth-order valence-corrected chi connectivity index (χ4v) is 2.80. The minimum Gasteiger partial charge on any atom is -0.482 e. The molecule has 6 nitrogen and oxygen atoms in total. The lowest BCUT2D eigenvalue weighted by molar-refractivity contribution is -0.121. The summed E-state index contributed by atoms with van der Waals surface area (Å²) in [4.78, 5) is 28.4. The second kappa shape index (κ2) is 5.34. The van der Waals surface area contributed by atoms with Gasteiger partial charge < -0.3 is 9.84 Å². The first-order chi connectivity index (χ1) is 10.0. The van der Waals surface area contributed by atoms with Gasteiger partial charge in [-0.25, -0.2) is 9.78 Å². The van der Waals surface area contributed by atoms with Crippen LogP contribution in [0.2, 0.25) is 5.02 Å². The number of thiazole rings is 1. The Balaban J connectivity index is 1.92. The molecule has 1 aliphatic rings. The van der Waals surface area contributed by atoms with Crippen molar-refractivity contribution in [3.05, 3.63) is 39.3 Å². The summed E-state index contributed by atoms with van der Waals surface area (Å²) in [6.45, 7) is 0.115. The molecule has 3 rings (SSSR count). The number of hydrogen-bond acceptors (Lipinski definition) is 5. The topological polar surface area (TPSA) is 79.7 Å². The van der Waals surface area contributed by atoms with Crippen LogP contribution in [0, 0.1) is 0 Å². The summed E-state index contributed by atoms with van der Waals surface area (Å²) >= 11 is 6.98. The van der Waals surface area contributed by atoms with Gasteiger partial charge in [0.15, 0.2) is 6.61 Å². The summed E-state index contributed by atoms with van der Waals surface area (Å²) in [5.74, 6) is -0.745. The number of benzene rings is 1. The summed E-state index contributed by atoms with van der Waals surface area (Å²) in [5.41, 5.74) is 1.07. The first kappa shape index (κ1) is 13.8. The average molecular weight is 325 g/mol. The molecular formula is C13H9ClN2O4S. The molecule has 1 N–H and O–H groups in total. The standard InChI is InChI=1S/C13H9ClN2O4S/c14-7-1-2-10-9(3-7)16(11(17)5-20-10)4-8-6-21-12(15-8)13(18)19/h1-3,6H,4-5H2,(H,18,19). The third kappa shape index (κ3) is 2.70. The molecule has 0 fully saturated rings. The van der Waals surface area contributed by atoms with Gasteiger partial charge in [0.2, 0.25) is 5.01 Å². The number of amides is 1. The SMILES string of the molecule is O=C(O)c1nc(CN2C(=O)COc3ccc(Cl)cc32)cs1. The zero-order valence-corrected chi connectivity index (χ0v) is 12.1. The van der Waals surface area contributed by atoms with Crippen LogP contribution in [-0.2, 0) is 11.3 Å². The van der Waals surface area contributed by atoms with E-state index in [1.54, 1.807) is 23.6 Å². The Hall–Kier alpha value is -2.12. The predicted molar refractivity (Wildman–Crippen MR) is 77.2 cm³/mol. The lowest BCUT2D eigenvalue weighted by Crippen LogP contribution is -2.38. The number of carbonyl (C=O) groups excluding carboxylic acids is 1. The van der Waals surface area contributed by atoms with Crippen LogP contribution in [0.25, 0.3) is 0 Å². The maximum atomic E-state index is 12.0. The quantitative estimate of drug-likeness (QED) is 0.938. The Morgan fingerprint density at radius 2 is 2.33 bits per heavy atom. The van der Waals surface area contributed by atoms with Gasteiger partial charge in [-0.05, 0) is 18.2 Å². The van der Waals surface area contributed by atoms with Crippen LogP contribution in [-0.4, -0.2) is 28.6 Å². The monoisotopic (exact) mass is 324 g/mol. The Labute approximate surface area is 128 Å². The van der Waals surface area contributed by atoms with Gasteiger partial charge in [0.05, 0.1) is 17.9 Å². The molecule has 0 saturated carbocycles. The van der Waals surface area contributed by atoms with Crippen molar-refractivity contribution in [1.29, 1.82) is 0 Å². The fraction of sp³-hybridized carbons (Fsp3) is 0.154. The minimum atomic E-state index is -1.08. The van der Waals surface area contributed by atoms with Crippen LogP contribution >= 0.6 is 22.9 Å². The normalized spacial score (nSPS) is 13.8. The van der Waals surface area contributed by atoms with E-state index in [1.165, 1.54) is 4.90 Å². The van der Waals surface area contributed by atoms with Gasteiger partial charge in [-0.2, -0.15) is 0 Å². The van der Waals surface area contributed by atoms with E-state index < -0.39 is 5.97 Å². The molecule has 0 saturated heterocycles. The number of carboxylic acid groups (broad SMARTS) is 1. The van der Waals surface area contributed by atoms with Gasteiger partial charge in [-0.1, -0.05) is 11.6 Å². The zero-order chi connectivity index (χ0) is 15.0. The average Bonchev–Trinajstić information content (AvgIpc) is 2.91. The van der Waals surface area contributed by atoms with Gasteiger partial charge in [0.25, 0.3) is 5.91 Å². The Bertz CT molecular complexity index is 731. The molecule has 1 aromatic heterocycles. The number of halogens is 1. The van der Waals surface area contributed by atoms with Gasteiger partial charge in [-0.3, -0.25) is 9.69 Å². The first-order valence-corrected chi connectivity index (χ1v) is 7.21. The molecule has 0 atom stereocenters. The maximum absolute atomic E-state index is 12.0. The highest BCUT2D eigenvalue weighted by Crippen LogP contribution is 2.35. The molecule has 1 amide bonds. The molecule has 1 aliphatic heterocycles. The van der Waals surface area contributed by atoms with Gasteiger partial charge in [0, 0.05) is 10.4 Å². The van der Waals surface area contributed by atoms with Gasteiger partial charge in [-0.15, -0.1) is 11.3 Å². The van der Waals surface area contributed by atoms with E-state index in [-0.39, 0.29) is 24.1 Å². The van der Waals surface area contributed by atoms with Crippen molar-refractivity contribution in [2.24, 2.45) is 0 Å². The molecule has 8 heteroatoms. The van der Waals surface area contributed by atoms with Crippen molar-refractivity contribution in [2.75, 3.05) is 11.5 Å². The second-order valence-corrected chi connectivity index (χ2v) is 5.62. The number of fused-ring (bicyclic) bond motifs is 1. The second-order valence-electron chi connectivity index (χ2n) is 4.33. The van der Waals surface area contributed by atoms with E-state index >= 15 is 0 Å². The van der Waals surface area contributed by atoms with Crippen molar-refractivity contribution < 1.29 is 19.4 Å². The Morgan fingerprint density at radius 3 is 3.05 bits per heavy atom. The van der Waals surface area contributed by atoms with Gasteiger partial charge in [0.1, 0.15) is 5.75 Å². The number of rotatable bonds is 3. The number of nitrogens with zero attached hydrogens (tertiary/aromatic N) is 2. The van der Waals surface area contributed by atoms with Crippen LogP contribution in [0.3, 0.4) is 0 Å². The van der Waals surface area contributed by atoms with E-state index in [9.17, 15) is 9.59 Å². The van der Waals surface area contributed by atoms with Crippen LogP contribution in [0.5, 0.6) is 5.75 Å². The van der Waals surface area contributed by atoms with Crippen LogP contribution in [0.15, 0.2) is 23.6 Å². The number of anilines is 1. The third-order valence-corrected chi connectivity index (χ3v) is 4.03. The highest BCUT2D eigenvalue weighted by Gasteiger charge is 2.26. The number of carbonyl (C=O) groups is 2. The van der Waals surface area contributed by atoms with Crippen molar-refractivity contribution >= 4 is 40.5 Å². The molecule has 2 heterocycles. The summed E-state index contributed by atoms with van der Waals surface area (Å²) in [5, 5.41) is 11.0. The molecule has 108 valence electrons. The minimum absolute atomic E-state index is 0.00275. The molecule has 2 aromatic rings. The molecule has 0 unspecified atom stereocenters. The van der Waals surface area contributed by atoms with E-state index in [0.717, 1.165) is 11.3 Å². The maximum Gasteiger partial charge on any atom is 0.365 e. The molecular weight excluding hydrogens is 316 g/mol. The molecule has 0 radical (unpaired) electrons. The van der Waals surface area contributed by atoms with Crippen LogP contribution in [0.4, 0.5) is 5.69 Å². The van der Waals surface area contributed by atoms with Crippen molar-refractivity contribution in [3.63, 3.8) is 0 Å². The summed E-state index contributed by atoms with van der Waals surface area (Å²) < 4.78 is 5.34. The molecule has 1 aromatic carbocycles. The van der Waals surface area contributed by atoms with Crippen molar-refractivity contribution in [3.8, 4) is 5.75 Å². The van der Waals surface area contributed by atoms with Crippen molar-refractivity contribution in [2.45, 2.75) is 6.54 Å². The van der Waals surface area contributed by atoms with Crippen LogP contribution in [0.1, 0.15) is 15.5 Å². The molecule has 0 bridgehead atoms. The van der Waals surface area contributed by atoms with Gasteiger partial charge >= 0.3 is 5.97 Å². The Kier molecular flexibility index (Phi) is 3.52. The summed E-state index contributed by atoms with van der Waals surface area (Å²) in [6.07, 6.45) is 0. The highest BCUT2D eigenvalue weighted by atomic mass is 35.5. The lowest BCUT2D eigenvalue weighted by atomic mass is 10.2. The van der Waals surface area contributed by atoms with Crippen molar-refractivity contribution in [1.82, 2.24) is 4.98 Å². The number of ether oxygens (including phenoxy) is 1. The third-order valence-electron chi connectivity index (χ3n) is 2.92. The summed E-state index contributed by atoms with van der Waals surface area (Å²) in [7, 11) is 0. The largest absolute Gasteiger partial charge is 0.482 e. The molecule has 0 spiro atoms. The fourth-order valence-electron chi connectivity index (χ4n) is 1.99. The van der Waals surface area contributed by atoms with E-state index in [4.69, 9.17) is 21.4 Å². The first-order valence-electron chi connectivity index (χ1n) is 5.95. The van der Waals surface area contributed by atoms with E-state index in [2.05, 4.69) is 4.98 Å². The van der Waals surface area contributed by atoms with E-state index in [0.29, 0.717) is 22.2 Å². The molecule has 21 heavy (non-hydrogen) atoms. The number of carboxylic acids is 1.